The summed E-state index contributed by atoms with van der Waals surface area (Å²) in [5.41, 5.74) is -0.455. The Hall–Kier alpha value is -0.960. The van der Waals surface area contributed by atoms with Gasteiger partial charge in [0.05, 0.1) is 10.6 Å². The molecule has 0 atom stereocenters. The molecule has 0 aromatic heterocycles. The molecule has 0 aliphatic rings. The van der Waals surface area contributed by atoms with Gasteiger partial charge in [0, 0.05) is 0 Å². The van der Waals surface area contributed by atoms with Crippen LogP contribution < -0.4 is 0 Å². The molecule has 0 aliphatic carbocycles. The molecular formula is C8H5ClF2O. The molecule has 12 heavy (non-hydrogen) atoms. The van der Waals surface area contributed by atoms with Gasteiger partial charge in [-0.15, -0.1) is 0 Å². The minimum atomic E-state index is -1.00. The molecule has 64 valence electrons. The zero-order valence-electron chi connectivity index (χ0n) is 6.20. The van der Waals surface area contributed by atoms with E-state index in [0.717, 1.165) is 6.07 Å². The van der Waals surface area contributed by atoms with Crippen molar-refractivity contribution >= 4 is 17.9 Å². The van der Waals surface area contributed by atoms with Crippen LogP contribution in [0.2, 0.25) is 5.02 Å². The minimum absolute atomic E-state index is 0.115. The monoisotopic (exact) mass is 190 g/mol. The average molecular weight is 191 g/mol. The van der Waals surface area contributed by atoms with Crippen LogP contribution in [0, 0.1) is 18.6 Å². The zero-order chi connectivity index (χ0) is 9.30. The van der Waals surface area contributed by atoms with Crippen LogP contribution >= 0.6 is 11.6 Å². The van der Waals surface area contributed by atoms with Crippen molar-refractivity contribution in [3.05, 3.63) is 33.9 Å². The first kappa shape index (κ1) is 9.13. The van der Waals surface area contributed by atoms with E-state index in [1.807, 2.05) is 0 Å². The quantitative estimate of drug-likeness (QED) is 0.492. The fourth-order valence-electron chi connectivity index (χ4n) is 0.858. The second kappa shape index (κ2) is 3.19. The van der Waals surface area contributed by atoms with Crippen LogP contribution in [-0.4, -0.2) is 6.29 Å². The highest BCUT2D eigenvalue weighted by molar-refractivity contribution is 6.31. The van der Waals surface area contributed by atoms with Gasteiger partial charge < -0.3 is 0 Å². The Kier molecular flexibility index (Phi) is 2.43. The molecule has 1 aromatic carbocycles. The lowest BCUT2D eigenvalue weighted by Gasteiger charge is -2.02. The summed E-state index contributed by atoms with van der Waals surface area (Å²) in [6.45, 7) is 1.41. The third-order valence-electron chi connectivity index (χ3n) is 1.49. The third-order valence-corrected chi connectivity index (χ3v) is 1.76. The normalized spacial score (nSPS) is 10.0. The van der Waals surface area contributed by atoms with Crippen molar-refractivity contribution in [3.8, 4) is 0 Å². The maximum absolute atomic E-state index is 12.9. The van der Waals surface area contributed by atoms with Gasteiger partial charge in [0.25, 0.3) is 0 Å². The van der Waals surface area contributed by atoms with E-state index in [9.17, 15) is 13.6 Å². The number of aldehydes is 1. The molecule has 4 heteroatoms. The largest absolute Gasteiger partial charge is 0.298 e. The maximum atomic E-state index is 12.9. The van der Waals surface area contributed by atoms with Crippen LogP contribution in [0.1, 0.15) is 15.9 Å². The van der Waals surface area contributed by atoms with Crippen LogP contribution in [0.5, 0.6) is 0 Å². The summed E-state index contributed by atoms with van der Waals surface area (Å²) in [4.78, 5) is 10.2. The van der Waals surface area contributed by atoms with Gasteiger partial charge in [0.1, 0.15) is 5.82 Å². The number of halogens is 3. The van der Waals surface area contributed by atoms with Gasteiger partial charge in [-0.1, -0.05) is 11.6 Å². The van der Waals surface area contributed by atoms with Crippen molar-refractivity contribution in [2.45, 2.75) is 6.92 Å². The van der Waals surface area contributed by atoms with E-state index in [1.165, 1.54) is 6.92 Å². The highest BCUT2D eigenvalue weighted by Gasteiger charge is 2.14. The molecule has 1 aromatic rings. The Balaban J connectivity index is 3.52. The summed E-state index contributed by atoms with van der Waals surface area (Å²) < 4.78 is 25.8. The highest BCUT2D eigenvalue weighted by Crippen LogP contribution is 2.22. The first-order valence-corrected chi connectivity index (χ1v) is 3.55. The summed E-state index contributed by atoms with van der Waals surface area (Å²) in [6.07, 6.45) is 0.115. The maximum Gasteiger partial charge on any atom is 0.156 e. The second-order valence-corrected chi connectivity index (χ2v) is 2.74. The number of aryl methyl sites for hydroxylation is 1. The van der Waals surface area contributed by atoms with E-state index < -0.39 is 17.2 Å². The summed E-state index contributed by atoms with van der Waals surface area (Å²) in [6, 6.07) is 1.14. The molecule has 0 bridgehead atoms. The Morgan fingerprint density at radius 2 is 2.00 bits per heavy atom. The average Bonchev–Trinajstić information content (AvgIpc) is 2.02. The Morgan fingerprint density at radius 3 is 2.50 bits per heavy atom. The molecule has 0 aliphatic heterocycles. The van der Waals surface area contributed by atoms with Crippen molar-refractivity contribution in [3.63, 3.8) is 0 Å². The van der Waals surface area contributed by atoms with Crippen molar-refractivity contribution in [2.24, 2.45) is 0 Å². The van der Waals surface area contributed by atoms with Gasteiger partial charge in [-0.05, 0) is 18.6 Å². The summed E-state index contributed by atoms with van der Waals surface area (Å²) >= 11 is 5.37. The van der Waals surface area contributed by atoms with Gasteiger partial charge in [-0.3, -0.25) is 4.79 Å². The van der Waals surface area contributed by atoms with Gasteiger partial charge in [0.2, 0.25) is 0 Å². The van der Waals surface area contributed by atoms with Crippen molar-refractivity contribution in [1.82, 2.24) is 0 Å². The van der Waals surface area contributed by atoms with E-state index in [0.29, 0.717) is 0 Å². The van der Waals surface area contributed by atoms with Crippen molar-refractivity contribution in [1.29, 1.82) is 0 Å². The Labute approximate surface area is 73.0 Å². The molecular weight excluding hydrogens is 186 g/mol. The van der Waals surface area contributed by atoms with Crippen molar-refractivity contribution in [2.75, 3.05) is 0 Å². The molecule has 0 N–H and O–H groups in total. The Bertz CT molecular complexity index is 310. The lowest BCUT2D eigenvalue weighted by Crippen LogP contribution is -1.97. The van der Waals surface area contributed by atoms with Gasteiger partial charge in [-0.2, -0.15) is 0 Å². The van der Waals surface area contributed by atoms with Gasteiger partial charge in [0.15, 0.2) is 12.1 Å². The highest BCUT2D eigenvalue weighted by atomic mass is 35.5. The van der Waals surface area contributed by atoms with E-state index in [2.05, 4.69) is 0 Å². The van der Waals surface area contributed by atoms with Crippen LogP contribution in [0.25, 0.3) is 0 Å². The van der Waals surface area contributed by atoms with E-state index in [-0.39, 0.29) is 16.9 Å². The fraction of sp³-hybridized carbons (Fsp3) is 0.125. The van der Waals surface area contributed by atoms with Gasteiger partial charge >= 0.3 is 0 Å². The third kappa shape index (κ3) is 1.32. The lowest BCUT2D eigenvalue weighted by molar-refractivity contribution is 0.111. The van der Waals surface area contributed by atoms with Crippen LogP contribution in [0.4, 0.5) is 8.78 Å². The van der Waals surface area contributed by atoms with E-state index in [1.54, 1.807) is 0 Å². The van der Waals surface area contributed by atoms with Crippen LogP contribution in [0.3, 0.4) is 0 Å². The Morgan fingerprint density at radius 1 is 1.42 bits per heavy atom. The number of rotatable bonds is 1. The molecule has 0 amide bonds. The van der Waals surface area contributed by atoms with E-state index in [4.69, 9.17) is 11.6 Å². The molecule has 0 spiro atoms. The topological polar surface area (TPSA) is 17.1 Å². The van der Waals surface area contributed by atoms with Gasteiger partial charge in [-0.25, -0.2) is 8.78 Å². The molecule has 0 radical (unpaired) electrons. The number of hydrogen-bond donors (Lipinski definition) is 0. The predicted molar refractivity (Wildman–Crippen MR) is 41.5 cm³/mol. The standard InChI is InChI=1S/C8H5ClF2O/c1-4-2-6(9)8(11)5(3-12)7(4)10/h2-3H,1H3. The molecule has 0 heterocycles. The smallest absolute Gasteiger partial charge is 0.156 e. The van der Waals surface area contributed by atoms with Crippen LogP contribution in [0.15, 0.2) is 6.07 Å². The molecule has 1 rings (SSSR count). The SMILES string of the molecule is Cc1cc(Cl)c(F)c(C=O)c1F. The summed E-state index contributed by atoms with van der Waals surface area (Å²) in [7, 11) is 0. The molecule has 0 unspecified atom stereocenters. The number of hydrogen-bond acceptors (Lipinski definition) is 1. The number of carbonyl (C=O) groups excluding carboxylic acids is 1. The molecule has 0 saturated carbocycles. The minimum Gasteiger partial charge on any atom is -0.298 e. The lowest BCUT2D eigenvalue weighted by atomic mass is 10.1. The molecule has 0 saturated heterocycles. The number of carbonyl (C=O) groups is 1. The summed E-state index contributed by atoms with van der Waals surface area (Å²) in [5, 5.41) is -0.240. The van der Waals surface area contributed by atoms with Crippen molar-refractivity contribution < 1.29 is 13.6 Å². The molecule has 0 fully saturated rings. The number of benzene rings is 1. The van der Waals surface area contributed by atoms with Crippen LogP contribution in [-0.2, 0) is 0 Å². The second-order valence-electron chi connectivity index (χ2n) is 2.33. The fourth-order valence-corrected chi connectivity index (χ4v) is 1.12. The predicted octanol–water partition coefficient (Wildman–Crippen LogP) is 2.74. The first-order valence-electron chi connectivity index (χ1n) is 3.17. The zero-order valence-corrected chi connectivity index (χ0v) is 6.95. The van der Waals surface area contributed by atoms with E-state index >= 15 is 0 Å². The molecule has 1 nitrogen and oxygen atoms in total. The first-order chi connectivity index (χ1) is 5.57. The summed E-state index contributed by atoms with van der Waals surface area (Å²) in [5.74, 6) is -1.86.